The number of aromatic nitrogens is 1. The number of fused-ring (bicyclic) bond motifs is 1. The number of carbonyl (C=O) groups is 2. The van der Waals surface area contributed by atoms with Crippen molar-refractivity contribution >= 4 is 39.3 Å². The first-order valence-corrected chi connectivity index (χ1v) is 11.2. The summed E-state index contributed by atoms with van der Waals surface area (Å²) in [6.07, 6.45) is 3.97. The fourth-order valence-corrected chi connectivity index (χ4v) is 4.63. The molecule has 2 amide bonds. The smallest absolute Gasteiger partial charge is 0.247 e. The molecule has 30 heavy (non-hydrogen) atoms. The summed E-state index contributed by atoms with van der Waals surface area (Å²) >= 11 is 1.45. The zero-order valence-corrected chi connectivity index (χ0v) is 17.6. The van der Waals surface area contributed by atoms with Gasteiger partial charge in [0.25, 0.3) is 0 Å². The number of hydrogen-bond donors (Lipinski definition) is 3. The second-order valence-electron chi connectivity index (χ2n) is 7.58. The average Bonchev–Trinajstić information content (AvgIpc) is 3.46. The lowest BCUT2D eigenvalue weighted by molar-refractivity contribution is -0.131. The summed E-state index contributed by atoms with van der Waals surface area (Å²) in [4.78, 5) is 25.5. The summed E-state index contributed by atoms with van der Waals surface area (Å²) in [6.45, 7) is 0.991. The van der Waals surface area contributed by atoms with Crippen LogP contribution in [0.4, 0.5) is 5.82 Å². The van der Waals surface area contributed by atoms with Gasteiger partial charge in [-0.3, -0.25) is 9.59 Å². The largest absolute Gasteiger partial charge is 0.367 e. The van der Waals surface area contributed by atoms with E-state index in [0.717, 1.165) is 47.2 Å². The van der Waals surface area contributed by atoms with E-state index in [0.29, 0.717) is 13.1 Å². The first kappa shape index (κ1) is 20.3. The topological polar surface area (TPSA) is 83.1 Å². The minimum absolute atomic E-state index is 0.0172. The molecule has 1 fully saturated rings. The lowest BCUT2D eigenvalue weighted by atomic mass is 10.0. The van der Waals surface area contributed by atoms with Crippen molar-refractivity contribution in [2.45, 2.75) is 31.7 Å². The monoisotopic (exact) mass is 422 g/mol. The molecule has 1 aromatic heterocycles. The number of amides is 2. The molecule has 1 saturated carbocycles. The van der Waals surface area contributed by atoms with E-state index in [1.54, 1.807) is 0 Å². The maximum atomic E-state index is 12.9. The highest BCUT2D eigenvalue weighted by atomic mass is 32.1. The van der Waals surface area contributed by atoms with Crippen LogP contribution in [0, 0.1) is 5.92 Å². The molecule has 0 aliphatic heterocycles. The van der Waals surface area contributed by atoms with Crippen LogP contribution in [-0.2, 0) is 9.59 Å². The average molecular weight is 423 g/mol. The van der Waals surface area contributed by atoms with Gasteiger partial charge in [0.15, 0.2) is 0 Å². The van der Waals surface area contributed by atoms with Gasteiger partial charge in [0.2, 0.25) is 11.8 Å². The highest BCUT2D eigenvalue weighted by Gasteiger charge is 2.28. The van der Waals surface area contributed by atoms with Crippen LogP contribution in [0.3, 0.4) is 0 Å². The van der Waals surface area contributed by atoms with E-state index in [1.807, 2.05) is 54.6 Å². The number of benzene rings is 2. The van der Waals surface area contributed by atoms with Gasteiger partial charge in [0.05, 0.1) is 4.70 Å². The van der Waals surface area contributed by atoms with Crippen LogP contribution in [0.2, 0.25) is 0 Å². The fraction of sp³-hybridized carbons (Fsp3) is 0.348. The van der Waals surface area contributed by atoms with Gasteiger partial charge >= 0.3 is 0 Å². The second kappa shape index (κ2) is 9.71. The molecule has 0 bridgehead atoms. The lowest BCUT2D eigenvalue weighted by Crippen LogP contribution is -2.43. The Morgan fingerprint density at radius 1 is 1.00 bits per heavy atom. The van der Waals surface area contributed by atoms with E-state index in [9.17, 15) is 9.59 Å². The molecule has 2 aromatic carbocycles. The summed E-state index contributed by atoms with van der Waals surface area (Å²) in [7, 11) is 0. The summed E-state index contributed by atoms with van der Waals surface area (Å²) < 4.78 is 5.57. The van der Waals surface area contributed by atoms with Crippen LogP contribution in [0.25, 0.3) is 10.1 Å². The quantitative estimate of drug-likeness (QED) is 0.481. The van der Waals surface area contributed by atoms with Gasteiger partial charge in [0, 0.05) is 24.4 Å². The SMILES string of the molecule is O=C(NC(C(=O)NCCNc1nsc2ccccc12)c1ccccc1)C1CCCC1. The molecule has 3 aromatic rings. The predicted molar refractivity (Wildman–Crippen MR) is 120 cm³/mol. The molecule has 156 valence electrons. The second-order valence-corrected chi connectivity index (χ2v) is 8.38. The molecule has 1 unspecified atom stereocenters. The molecule has 1 heterocycles. The Hall–Kier alpha value is -2.93. The number of anilines is 1. The molecular weight excluding hydrogens is 396 g/mol. The number of hydrogen-bond acceptors (Lipinski definition) is 5. The van der Waals surface area contributed by atoms with Crippen LogP contribution in [0.1, 0.15) is 37.3 Å². The Labute approximate surface area is 180 Å². The third kappa shape index (κ3) is 4.79. The first-order valence-electron chi connectivity index (χ1n) is 10.4. The van der Waals surface area contributed by atoms with E-state index in [4.69, 9.17) is 0 Å². The van der Waals surface area contributed by atoms with Crippen molar-refractivity contribution in [3.05, 3.63) is 60.2 Å². The predicted octanol–water partition coefficient (Wildman–Crippen LogP) is 3.87. The van der Waals surface area contributed by atoms with E-state index in [2.05, 4.69) is 20.3 Å². The summed E-state index contributed by atoms with van der Waals surface area (Å²) in [6, 6.07) is 16.8. The molecule has 1 aliphatic carbocycles. The Morgan fingerprint density at radius 3 is 2.53 bits per heavy atom. The lowest BCUT2D eigenvalue weighted by Gasteiger charge is -2.21. The minimum atomic E-state index is -0.681. The number of carbonyl (C=O) groups excluding carboxylic acids is 2. The summed E-state index contributed by atoms with van der Waals surface area (Å²) in [5, 5.41) is 10.3. The van der Waals surface area contributed by atoms with Crippen LogP contribution in [-0.4, -0.2) is 29.3 Å². The molecule has 0 spiro atoms. The highest BCUT2D eigenvalue weighted by Crippen LogP contribution is 2.27. The van der Waals surface area contributed by atoms with Crippen LogP contribution >= 0.6 is 11.5 Å². The summed E-state index contributed by atoms with van der Waals surface area (Å²) in [5.41, 5.74) is 0.791. The zero-order chi connectivity index (χ0) is 20.8. The van der Waals surface area contributed by atoms with Crippen molar-refractivity contribution in [2.75, 3.05) is 18.4 Å². The van der Waals surface area contributed by atoms with Crippen molar-refractivity contribution in [1.29, 1.82) is 0 Å². The van der Waals surface area contributed by atoms with Gasteiger partial charge in [-0.2, -0.15) is 4.37 Å². The minimum Gasteiger partial charge on any atom is -0.367 e. The van der Waals surface area contributed by atoms with Gasteiger partial charge in [0.1, 0.15) is 11.9 Å². The molecule has 0 radical (unpaired) electrons. The van der Waals surface area contributed by atoms with Crippen LogP contribution < -0.4 is 16.0 Å². The van der Waals surface area contributed by atoms with E-state index >= 15 is 0 Å². The van der Waals surface area contributed by atoms with Crippen LogP contribution in [0.15, 0.2) is 54.6 Å². The fourth-order valence-electron chi connectivity index (χ4n) is 3.88. The molecule has 1 aliphatic rings. The number of nitrogens with zero attached hydrogens (tertiary/aromatic N) is 1. The van der Waals surface area contributed by atoms with E-state index in [1.165, 1.54) is 11.5 Å². The van der Waals surface area contributed by atoms with Crippen molar-refractivity contribution in [2.24, 2.45) is 5.92 Å². The first-order chi connectivity index (χ1) is 14.7. The number of rotatable bonds is 8. The van der Waals surface area contributed by atoms with Gasteiger partial charge in [-0.05, 0) is 42.1 Å². The molecule has 7 heteroatoms. The Kier molecular flexibility index (Phi) is 6.59. The molecular formula is C23H26N4O2S. The van der Waals surface area contributed by atoms with Gasteiger partial charge in [-0.25, -0.2) is 0 Å². The normalized spacial score (nSPS) is 15.1. The summed E-state index contributed by atoms with van der Waals surface area (Å²) in [5.74, 6) is 0.628. The Balaban J connectivity index is 1.34. The number of nitrogens with one attached hydrogen (secondary N) is 3. The van der Waals surface area contributed by atoms with E-state index < -0.39 is 6.04 Å². The Bertz CT molecular complexity index is 999. The van der Waals surface area contributed by atoms with Crippen molar-refractivity contribution < 1.29 is 9.59 Å². The van der Waals surface area contributed by atoms with E-state index in [-0.39, 0.29) is 17.7 Å². The van der Waals surface area contributed by atoms with Gasteiger partial charge in [-0.15, -0.1) is 0 Å². The molecule has 3 N–H and O–H groups in total. The van der Waals surface area contributed by atoms with Crippen molar-refractivity contribution in [1.82, 2.24) is 15.0 Å². The maximum absolute atomic E-state index is 12.9. The third-order valence-electron chi connectivity index (χ3n) is 5.50. The third-order valence-corrected chi connectivity index (χ3v) is 6.33. The standard InChI is InChI=1S/C23H26N4O2S/c28-22(17-10-4-5-11-17)26-20(16-8-2-1-3-9-16)23(29)25-15-14-24-21-18-12-6-7-13-19(18)30-27-21/h1-3,6-9,12-13,17,20H,4-5,10-11,14-15H2,(H,24,27)(H,25,29)(H,26,28). The van der Waals surface area contributed by atoms with Gasteiger partial charge in [-0.1, -0.05) is 55.3 Å². The molecule has 6 nitrogen and oxygen atoms in total. The highest BCUT2D eigenvalue weighted by molar-refractivity contribution is 7.13. The van der Waals surface area contributed by atoms with Crippen molar-refractivity contribution in [3.63, 3.8) is 0 Å². The Morgan fingerprint density at radius 2 is 1.73 bits per heavy atom. The molecule has 4 rings (SSSR count). The molecule has 0 saturated heterocycles. The molecule has 1 atom stereocenters. The van der Waals surface area contributed by atoms with Crippen molar-refractivity contribution in [3.8, 4) is 0 Å². The maximum Gasteiger partial charge on any atom is 0.247 e. The van der Waals surface area contributed by atoms with Gasteiger partial charge < -0.3 is 16.0 Å². The van der Waals surface area contributed by atoms with Crippen LogP contribution in [0.5, 0.6) is 0 Å². The zero-order valence-electron chi connectivity index (χ0n) is 16.8.